The van der Waals surface area contributed by atoms with Crippen molar-refractivity contribution in [1.29, 1.82) is 0 Å². The molecule has 0 bridgehead atoms. The molecule has 0 spiro atoms. The molecule has 176 valence electrons. The molecule has 12 heteroatoms. The van der Waals surface area contributed by atoms with Crippen LogP contribution in [0.15, 0.2) is 24.3 Å². The normalized spacial score (nSPS) is 12.3. The number of unbranched alkanes of at least 4 members (excludes halogenated alkanes) is 1. The van der Waals surface area contributed by atoms with Gasteiger partial charge >= 0.3 is 23.9 Å². The summed E-state index contributed by atoms with van der Waals surface area (Å²) in [5.41, 5.74) is 0.280. The van der Waals surface area contributed by atoms with Crippen LogP contribution in [0.3, 0.4) is 0 Å². The van der Waals surface area contributed by atoms with E-state index in [9.17, 15) is 33.5 Å². The molecule has 0 aromatic heterocycles. The summed E-state index contributed by atoms with van der Waals surface area (Å²) in [6, 6.07) is 1.29. The molecule has 0 fully saturated rings. The van der Waals surface area contributed by atoms with Crippen molar-refractivity contribution in [1.82, 2.24) is 15.5 Å². The number of carboxylic acid groups (broad SMARTS) is 3. The number of halogens is 1. The van der Waals surface area contributed by atoms with Crippen LogP contribution in [0.4, 0.5) is 9.18 Å². The molecule has 1 rings (SSSR count). The summed E-state index contributed by atoms with van der Waals surface area (Å²) >= 11 is 0. The van der Waals surface area contributed by atoms with Crippen LogP contribution < -0.4 is 10.6 Å². The zero-order chi connectivity index (χ0) is 24.3. The molecule has 0 aliphatic rings. The fraction of sp³-hybridized carbons (Fsp3) is 0.450. The number of amides is 3. The highest BCUT2D eigenvalue weighted by atomic mass is 19.1. The maximum Gasteiger partial charge on any atom is 0.326 e. The molecular formula is C20H26FN3O8. The molecule has 0 unspecified atom stereocenters. The maximum absolute atomic E-state index is 12.9. The highest BCUT2D eigenvalue weighted by Gasteiger charge is 2.29. The predicted molar refractivity (Wildman–Crippen MR) is 109 cm³/mol. The molecule has 2 atom stereocenters. The van der Waals surface area contributed by atoms with Gasteiger partial charge in [-0.05, 0) is 49.9 Å². The summed E-state index contributed by atoms with van der Waals surface area (Å²) in [7, 11) is 1.19. The number of carboxylic acids is 3. The van der Waals surface area contributed by atoms with Gasteiger partial charge in [-0.25, -0.2) is 18.8 Å². The number of nitrogens with one attached hydrogen (secondary N) is 2. The van der Waals surface area contributed by atoms with Gasteiger partial charge in [0.1, 0.15) is 17.9 Å². The lowest BCUT2D eigenvalue weighted by molar-refractivity contribution is -0.142. The van der Waals surface area contributed by atoms with Gasteiger partial charge in [0.2, 0.25) is 0 Å². The summed E-state index contributed by atoms with van der Waals surface area (Å²) in [6.45, 7) is 0.231. The molecule has 0 radical (unpaired) electrons. The number of aliphatic carboxylic acids is 3. The summed E-state index contributed by atoms with van der Waals surface area (Å²) < 4.78 is 12.9. The molecule has 1 aromatic rings. The van der Waals surface area contributed by atoms with E-state index in [1.54, 1.807) is 0 Å². The average molecular weight is 455 g/mol. The lowest BCUT2D eigenvalue weighted by Crippen LogP contribution is -2.52. The van der Waals surface area contributed by atoms with E-state index in [4.69, 9.17) is 10.2 Å². The molecule has 0 saturated carbocycles. The van der Waals surface area contributed by atoms with E-state index in [2.05, 4.69) is 10.6 Å². The Hall–Kier alpha value is -3.70. The highest BCUT2D eigenvalue weighted by molar-refractivity contribution is 5.94. The molecule has 5 N–H and O–H groups in total. The van der Waals surface area contributed by atoms with Gasteiger partial charge in [-0.15, -0.1) is 0 Å². The third-order valence-electron chi connectivity index (χ3n) is 4.61. The van der Waals surface area contributed by atoms with Crippen molar-refractivity contribution in [2.75, 3.05) is 13.6 Å². The van der Waals surface area contributed by atoms with Crippen molar-refractivity contribution in [3.8, 4) is 0 Å². The van der Waals surface area contributed by atoms with Crippen LogP contribution in [-0.2, 0) is 14.4 Å². The van der Waals surface area contributed by atoms with Crippen LogP contribution in [0.2, 0.25) is 0 Å². The van der Waals surface area contributed by atoms with Crippen molar-refractivity contribution < 1.29 is 43.7 Å². The Morgan fingerprint density at radius 2 is 1.59 bits per heavy atom. The van der Waals surface area contributed by atoms with Gasteiger partial charge in [-0.2, -0.15) is 0 Å². The average Bonchev–Trinajstić information content (AvgIpc) is 2.72. The predicted octanol–water partition coefficient (Wildman–Crippen LogP) is 1.14. The number of hydrogen-bond donors (Lipinski definition) is 5. The number of likely N-dealkylation sites (N-methyl/N-ethyl adjacent to an activating group) is 1. The van der Waals surface area contributed by atoms with Crippen LogP contribution in [0.5, 0.6) is 0 Å². The van der Waals surface area contributed by atoms with E-state index in [1.807, 2.05) is 0 Å². The Balaban J connectivity index is 2.51. The lowest BCUT2D eigenvalue weighted by atomic mass is 10.1. The van der Waals surface area contributed by atoms with Crippen LogP contribution in [0.25, 0.3) is 0 Å². The number of carbonyl (C=O) groups is 5. The van der Waals surface area contributed by atoms with Crippen molar-refractivity contribution in [3.05, 3.63) is 35.6 Å². The second-order valence-corrected chi connectivity index (χ2v) is 7.00. The van der Waals surface area contributed by atoms with Gasteiger partial charge in [-0.3, -0.25) is 9.59 Å². The Labute approximate surface area is 183 Å². The molecule has 3 amide bonds. The van der Waals surface area contributed by atoms with Crippen molar-refractivity contribution in [2.45, 2.75) is 44.2 Å². The van der Waals surface area contributed by atoms with Gasteiger partial charge < -0.3 is 30.9 Å². The van der Waals surface area contributed by atoms with Gasteiger partial charge in [0.05, 0.1) is 0 Å². The number of hydrogen-bond acceptors (Lipinski definition) is 5. The number of rotatable bonds is 13. The van der Waals surface area contributed by atoms with Crippen LogP contribution in [0.1, 0.15) is 42.5 Å². The van der Waals surface area contributed by atoms with E-state index in [0.717, 1.165) is 17.0 Å². The summed E-state index contributed by atoms with van der Waals surface area (Å²) in [5.74, 6) is -4.83. The van der Waals surface area contributed by atoms with Crippen LogP contribution >= 0.6 is 0 Å². The first-order valence-electron chi connectivity index (χ1n) is 9.77. The van der Waals surface area contributed by atoms with Gasteiger partial charge in [0, 0.05) is 25.6 Å². The zero-order valence-electron chi connectivity index (χ0n) is 17.4. The van der Waals surface area contributed by atoms with E-state index in [1.165, 1.54) is 19.2 Å². The van der Waals surface area contributed by atoms with Gasteiger partial charge in [-0.1, -0.05) is 0 Å². The standard InChI is InChI=1S/C20H26FN3O8/c1-24(20(32)23-14(18(28)29)9-10-16(25)26)15(19(30)31)4-2-3-11-22-17(27)12-5-7-13(21)8-6-12/h5-8,14-15H,2-4,9-11H2,1H3,(H,22,27)(H,23,32)(H,25,26)(H,28,29)(H,30,31)/t14-,15-/m0/s1. The first-order valence-corrected chi connectivity index (χ1v) is 9.77. The van der Waals surface area contributed by atoms with Crippen molar-refractivity contribution in [3.63, 3.8) is 0 Å². The molecule has 0 heterocycles. The van der Waals surface area contributed by atoms with E-state index >= 15 is 0 Å². The van der Waals surface area contributed by atoms with Gasteiger partial charge in [0.25, 0.3) is 5.91 Å². The molecule has 32 heavy (non-hydrogen) atoms. The first kappa shape index (κ1) is 26.3. The molecule has 0 saturated heterocycles. The van der Waals surface area contributed by atoms with Gasteiger partial charge in [0.15, 0.2) is 0 Å². The third kappa shape index (κ3) is 8.98. The second kappa shape index (κ2) is 12.9. The maximum atomic E-state index is 12.9. The molecule has 1 aromatic carbocycles. The van der Waals surface area contributed by atoms with E-state index in [-0.39, 0.29) is 24.9 Å². The fourth-order valence-corrected chi connectivity index (χ4v) is 2.77. The summed E-state index contributed by atoms with van der Waals surface area (Å²) in [6.07, 6.45) is -0.0522. The number of benzene rings is 1. The summed E-state index contributed by atoms with van der Waals surface area (Å²) in [4.78, 5) is 58.4. The highest BCUT2D eigenvalue weighted by Crippen LogP contribution is 2.10. The first-order chi connectivity index (χ1) is 15.0. The number of nitrogens with zero attached hydrogens (tertiary/aromatic N) is 1. The Bertz CT molecular complexity index is 831. The topological polar surface area (TPSA) is 173 Å². The number of urea groups is 1. The second-order valence-electron chi connectivity index (χ2n) is 7.00. The molecule has 0 aliphatic carbocycles. The Kier molecular flexibility index (Phi) is 10.6. The number of carbonyl (C=O) groups excluding carboxylic acids is 2. The van der Waals surface area contributed by atoms with Crippen molar-refractivity contribution in [2.24, 2.45) is 0 Å². The smallest absolute Gasteiger partial charge is 0.326 e. The molecule has 11 nitrogen and oxygen atoms in total. The SMILES string of the molecule is CN(C(=O)N[C@@H](CCC(=O)O)C(=O)O)[C@@H](CCCCNC(=O)c1ccc(F)cc1)C(=O)O. The minimum atomic E-state index is -1.47. The lowest BCUT2D eigenvalue weighted by Gasteiger charge is -2.26. The van der Waals surface area contributed by atoms with Crippen LogP contribution in [-0.4, -0.2) is 75.7 Å². The van der Waals surface area contributed by atoms with E-state index < -0.39 is 54.2 Å². The Morgan fingerprint density at radius 1 is 0.969 bits per heavy atom. The Morgan fingerprint density at radius 3 is 2.12 bits per heavy atom. The quantitative estimate of drug-likeness (QED) is 0.275. The van der Waals surface area contributed by atoms with Crippen LogP contribution in [0, 0.1) is 5.82 Å². The molecular weight excluding hydrogens is 429 g/mol. The monoisotopic (exact) mass is 455 g/mol. The largest absolute Gasteiger partial charge is 0.481 e. The van der Waals surface area contributed by atoms with Crippen molar-refractivity contribution >= 4 is 29.8 Å². The zero-order valence-corrected chi connectivity index (χ0v) is 17.4. The summed E-state index contributed by atoms with van der Waals surface area (Å²) in [5, 5.41) is 31.9. The molecule has 0 aliphatic heterocycles. The minimum Gasteiger partial charge on any atom is -0.481 e. The third-order valence-corrected chi connectivity index (χ3v) is 4.61. The van der Waals surface area contributed by atoms with E-state index in [0.29, 0.717) is 12.8 Å². The fourth-order valence-electron chi connectivity index (χ4n) is 2.77. The minimum absolute atomic E-state index is 0.0402.